The SMILES string of the molecule is CNC(=O)c1ccc2c(c1)C(N)CC[C@H]2c1ccc(Cl)c(Cl)c1. The zero-order chi connectivity index (χ0) is 16.6. The molecule has 0 aromatic heterocycles. The molecule has 2 aromatic rings. The van der Waals surface area contributed by atoms with Gasteiger partial charge < -0.3 is 11.1 Å². The van der Waals surface area contributed by atoms with E-state index in [1.165, 1.54) is 0 Å². The predicted octanol–water partition coefficient (Wildman–Crippen LogP) is 4.28. The van der Waals surface area contributed by atoms with Gasteiger partial charge in [-0.25, -0.2) is 0 Å². The van der Waals surface area contributed by atoms with Crippen LogP contribution in [0.5, 0.6) is 0 Å². The largest absolute Gasteiger partial charge is 0.355 e. The number of hydrogen-bond donors (Lipinski definition) is 2. The summed E-state index contributed by atoms with van der Waals surface area (Å²) in [5, 5.41) is 3.76. The summed E-state index contributed by atoms with van der Waals surface area (Å²) in [5.41, 5.74) is 10.2. The summed E-state index contributed by atoms with van der Waals surface area (Å²) < 4.78 is 0. The summed E-state index contributed by atoms with van der Waals surface area (Å²) in [4.78, 5) is 11.9. The van der Waals surface area contributed by atoms with E-state index in [1.807, 2.05) is 36.4 Å². The average Bonchev–Trinajstić information content (AvgIpc) is 2.57. The average molecular weight is 349 g/mol. The Labute approximate surface area is 145 Å². The molecule has 2 atom stereocenters. The van der Waals surface area contributed by atoms with Crippen molar-refractivity contribution in [2.75, 3.05) is 7.05 Å². The third-order valence-electron chi connectivity index (χ3n) is 4.46. The van der Waals surface area contributed by atoms with Crippen molar-refractivity contribution in [3.8, 4) is 0 Å². The van der Waals surface area contributed by atoms with Crippen molar-refractivity contribution in [1.29, 1.82) is 0 Å². The molecule has 0 spiro atoms. The number of benzene rings is 2. The van der Waals surface area contributed by atoms with Gasteiger partial charge >= 0.3 is 0 Å². The second kappa shape index (κ2) is 6.52. The first-order chi connectivity index (χ1) is 11.0. The first kappa shape index (κ1) is 16.3. The Kier molecular flexibility index (Phi) is 4.62. The van der Waals surface area contributed by atoms with E-state index in [1.54, 1.807) is 7.05 Å². The van der Waals surface area contributed by atoms with Gasteiger partial charge in [0.25, 0.3) is 5.91 Å². The minimum atomic E-state index is -0.100. The topological polar surface area (TPSA) is 55.1 Å². The highest BCUT2D eigenvalue weighted by Gasteiger charge is 2.27. The number of amides is 1. The monoisotopic (exact) mass is 348 g/mol. The van der Waals surface area contributed by atoms with Crippen molar-refractivity contribution in [3.05, 3.63) is 68.7 Å². The molecule has 3 nitrogen and oxygen atoms in total. The number of rotatable bonds is 2. The van der Waals surface area contributed by atoms with Crippen LogP contribution in [-0.4, -0.2) is 13.0 Å². The minimum Gasteiger partial charge on any atom is -0.355 e. The van der Waals surface area contributed by atoms with Gasteiger partial charge in [0.2, 0.25) is 0 Å². The van der Waals surface area contributed by atoms with Crippen molar-refractivity contribution in [2.24, 2.45) is 5.73 Å². The molecule has 0 fully saturated rings. The van der Waals surface area contributed by atoms with Crippen LogP contribution < -0.4 is 11.1 Å². The molecule has 1 aliphatic rings. The molecule has 0 saturated heterocycles. The van der Waals surface area contributed by atoms with E-state index in [0.717, 1.165) is 29.5 Å². The number of hydrogen-bond acceptors (Lipinski definition) is 2. The lowest BCUT2D eigenvalue weighted by molar-refractivity contribution is 0.0963. The lowest BCUT2D eigenvalue weighted by atomic mass is 9.76. The van der Waals surface area contributed by atoms with Crippen molar-refractivity contribution in [2.45, 2.75) is 24.8 Å². The molecule has 0 heterocycles. The van der Waals surface area contributed by atoms with E-state index in [0.29, 0.717) is 15.6 Å². The fourth-order valence-electron chi connectivity index (χ4n) is 3.23. The second-order valence-corrected chi connectivity index (χ2v) is 6.65. The van der Waals surface area contributed by atoms with Gasteiger partial charge in [0, 0.05) is 24.6 Å². The van der Waals surface area contributed by atoms with Crippen LogP contribution in [0.2, 0.25) is 10.0 Å². The zero-order valence-electron chi connectivity index (χ0n) is 12.8. The molecule has 3 N–H and O–H groups in total. The van der Waals surface area contributed by atoms with Gasteiger partial charge in [-0.05, 0) is 53.8 Å². The van der Waals surface area contributed by atoms with E-state index in [2.05, 4.69) is 5.32 Å². The van der Waals surface area contributed by atoms with Crippen LogP contribution in [0.25, 0.3) is 0 Å². The lowest BCUT2D eigenvalue weighted by Crippen LogP contribution is -2.23. The zero-order valence-corrected chi connectivity index (χ0v) is 14.3. The Morgan fingerprint density at radius 2 is 1.87 bits per heavy atom. The Morgan fingerprint density at radius 3 is 2.57 bits per heavy atom. The van der Waals surface area contributed by atoms with Gasteiger partial charge in [-0.15, -0.1) is 0 Å². The fraction of sp³-hybridized carbons (Fsp3) is 0.278. The molecule has 23 heavy (non-hydrogen) atoms. The third kappa shape index (κ3) is 3.09. The lowest BCUT2D eigenvalue weighted by Gasteiger charge is -2.30. The highest BCUT2D eigenvalue weighted by molar-refractivity contribution is 6.42. The Morgan fingerprint density at radius 1 is 1.09 bits per heavy atom. The number of fused-ring (bicyclic) bond motifs is 1. The van der Waals surface area contributed by atoms with E-state index >= 15 is 0 Å². The number of nitrogens with two attached hydrogens (primary N) is 1. The van der Waals surface area contributed by atoms with E-state index in [-0.39, 0.29) is 17.9 Å². The van der Waals surface area contributed by atoms with Gasteiger partial charge in [0.05, 0.1) is 10.0 Å². The van der Waals surface area contributed by atoms with Gasteiger partial charge in [0.1, 0.15) is 0 Å². The van der Waals surface area contributed by atoms with Crippen molar-refractivity contribution < 1.29 is 4.79 Å². The smallest absolute Gasteiger partial charge is 0.251 e. The standard InChI is InChI=1S/C18H18Cl2N2O/c1-22-18(23)11-2-4-13-12(5-7-17(21)14(13)8-11)10-3-6-15(19)16(20)9-10/h2-4,6,8-9,12,17H,5,7,21H2,1H3,(H,22,23)/t12-,17?/m0/s1. The maximum atomic E-state index is 11.9. The Balaban J connectivity index is 2.05. The van der Waals surface area contributed by atoms with E-state index in [9.17, 15) is 4.79 Å². The molecule has 1 amide bonds. The molecule has 0 saturated carbocycles. The molecule has 1 unspecified atom stereocenters. The second-order valence-electron chi connectivity index (χ2n) is 5.83. The first-order valence-corrected chi connectivity index (χ1v) is 8.33. The summed E-state index contributed by atoms with van der Waals surface area (Å²) in [5.74, 6) is 0.120. The number of nitrogens with one attached hydrogen (secondary N) is 1. The molecule has 3 rings (SSSR count). The molecule has 120 valence electrons. The van der Waals surface area contributed by atoms with Crippen LogP contribution in [0.3, 0.4) is 0 Å². The fourth-order valence-corrected chi connectivity index (χ4v) is 3.54. The van der Waals surface area contributed by atoms with Gasteiger partial charge in [-0.3, -0.25) is 4.79 Å². The summed E-state index contributed by atoms with van der Waals surface area (Å²) in [7, 11) is 1.63. The van der Waals surface area contributed by atoms with Gasteiger partial charge in [0.15, 0.2) is 0 Å². The maximum Gasteiger partial charge on any atom is 0.251 e. The molecule has 1 aliphatic carbocycles. The quantitative estimate of drug-likeness (QED) is 0.850. The molecular formula is C18H18Cl2N2O. The highest BCUT2D eigenvalue weighted by atomic mass is 35.5. The van der Waals surface area contributed by atoms with Crippen LogP contribution in [-0.2, 0) is 0 Å². The van der Waals surface area contributed by atoms with E-state index in [4.69, 9.17) is 28.9 Å². The summed E-state index contributed by atoms with van der Waals surface area (Å²) in [6.07, 6.45) is 1.82. The van der Waals surface area contributed by atoms with E-state index < -0.39 is 0 Å². The number of carbonyl (C=O) groups excluding carboxylic acids is 1. The summed E-state index contributed by atoms with van der Waals surface area (Å²) >= 11 is 12.2. The van der Waals surface area contributed by atoms with Crippen LogP contribution in [0.15, 0.2) is 36.4 Å². The normalized spacial score (nSPS) is 20.0. The van der Waals surface area contributed by atoms with Crippen molar-refractivity contribution in [3.63, 3.8) is 0 Å². The first-order valence-electron chi connectivity index (χ1n) is 7.57. The molecular weight excluding hydrogens is 331 g/mol. The molecule has 0 aliphatic heterocycles. The van der Waals surface area contributed by atoms with Gasteiger partial charge in [-0.2, -0.15) is 0 Å². The minimum absolute atomic E-state index is 0.0476. The van der Waals surface area contributed by atoms with Crippen LogP contribution >= 0.6 is 23.2 Å². The Hall–Kier alpha value is -1.55. The molecule has 0 radical (unpaired) electrons. The maximum absolute atomic E-state index is 11.9. The Bertz CT molecular complexity index is 761. The summed E-state index contributed by atoms with van der Waals surface area (Å²) in [6, 6.07) is 11.5. The van der Waals surface area contributed by atoms with Crippen LogP contribution in [0.1, 0.15) is 51.8 Å². The van der Waals surface area contributed by atoms with Crippen LogP contribution in [0, 0.1) is 0 Å². The third-order valence-corrected chi connectivity index (χ3v) is 5.20. The number of halogens is 2. The number of carbonyl (C=O) groups is 1. The molecule has 0 bridgehead atoms. The van der Waals surface area contributed by atoms with Gasteiger partial charge in [-0.1, -0.05) is 35.3 Å². The summed E-state index contributed by atoms with van der Waals surface area (Å²) in [6.45, 7) is 0. The predicted molar refractivity (Wildman–Crippen MR) is 94.3 cm³/mol. The molecule has 5 heteroatoms. The van der Waals surface area contributed by atoms with Crippen molar-refractivity contribution in [1.82, 2.24) is 5.32 Å². The van der Waals surface area contributed by atoms with Crippen LogP contribution in [0.4, 0.5) is 0 Å². The van der Waals surface area contributed by atoms with Crippen molar-refractivity contribution >= 4 is 29.1 Å². The highest BCUT2D eigenvalue weighted by Crippen LogP contribution is 2.41. The molecule has 2 aromatic carbocycles.